The molecule has 0 aliphatic carbocycles. The topological polar surface area (TPSA) is 3.24 Å². The van der Waals surface area contributed by atoms with Gasteiger partial charge in [0.1, 0.15) is 0 Å². The molecular formula is C9H15N. The van der Waals surface area contributed by atoms with E-state index < -0.39 is 0 Å². The zero-order valence-corrected chi connectivity index (χ0v) is 6.59. The highest BCUT2D eigenvalue weighted by Crippen LogP contribution is 2.12. The van der Waals surface area contributed by atoms with Gasteiger partial charge >= 0.3 is 0 Å². The second-order valence-corrected chi connectivity index (χ2v) is 2.99. The number of likely N-dealkylation sites (tertiary alicyclic amines) is 1. The van der Waals surface area contributed by atoms with Gasteiger partial charge in [-0.25, -0.2) is 0 Å². The van der Waals surface area contributed by atoms with E-state index in [0.29, 0.717) is 0 Å². The molecule has 1 fully saturated rings. The number of rotatable bonds is 3. The van der Waals surface area contributed by atoms with E-state index in [4.69, 9.17) is 0 Å². The SMILES string of the molecule is C=C/C=C/CN1CC(C)C1. The highest BCUT2D eigenvalue weighted by Gasteiger charge is 2.20. The first-order chi connectivity index (χ1) is 4.83. The van der Waals surface area contributed by atoms with E-state index in [1.54, 1.807) is 0 Å². The maximum atomic E-state index is 3.61. The number of allylic oxidation sites excluding steroid dienone is 2. The van der Waals surface area contributed by atoms with Crippen LogP contribution in [0.5, 0.6) is 0 Å². The summed E-state index contributed by atoms with van der Waals surface area (Å²) in [5, 5.41) is 0. The summed E-state index contributed by atoms with van der Waals surface area (Å²) in [5.74, 6) is 0.914. The van der Waals surface area contributed by atoms with E-state index in [1.165, 1.54) is 13.1 Å². The predicted octanol–water partition coefficient (Wildman–Crippen LogP) is 1.68. The van der Waals surface area contributed by atoms with Crippen LogP contribution in [0.1, 0.15) is 6.92 Å². The molecule has 1 heterocycles. The molecule has 56 valence electrons. The van der Waals surface area contributed by atoms with E-state index in [2.05, 4.69) is 24.5 Å². The Kier molecular flexibility index (Phi) is 2.69. The zero-order chi connectivity index (χ0) is 7.40. The summed E-state index contributed by atoms with van der Waals surface area (Å²) in [7, 11) is 0. The van der Waals surface area contributed by atoms with Crippen LogP contribution in [0.2, 0.25) is 0 Å². The van der Waals surface area contributed by atoms with Crippen molar-refractivity contribution in [3.63, 3.8) is 0 Å². The second-order valence-electron chi connectivity index (χ2n) is 2.99. The van der Waals surface area contributed by atoms with Crippen LogP contribution in [0.25, 0.3) is 0 Å². The van der Waals surface area contributed by atoms with Crippen molar-refractivity contribution in [2.45, 2.75) is 6.92 Å². The van der Waals surface area contributed by atoms with Gasteiger partial charge in [0.2, 0.25) is 0 Å². The van der Waals surface area contributed by atoms with Crippen molar-refractivity contribution >= 4 is 0 Å². The van der Waals surface area contributed by atoms with Crippen molar-refractivity contribution in [1.29, 1.82) is 0 Å². The normalized spacial score (nSPS) is 21.3. The summed E-state index contributed by atoms with van der Waals surface area (Å²) in [6, 6.07) is 0. The van der Waals surface area contributed by atoms with Gasteiger partial charge in [-0.1, -0.05) is 31.7 Å². The minimum absolute atomic E-state index is 0.914. The largest absolute Gasteiger partial charge is 0.299 e. The van der Waals surface area contributed by atoms with Gasteiger partial charge in [0.15, 0.2) is 0 Å². The maximum Gasteiger partial charge on any atom is 0.0166 e. The minimum atomic E-state index is 0.914. The highest BCUT2D eigenvalue weighted by molar-refractivity contribution is 4.99. The lowest BCUT2D eigenvalue weighted by Crippen LogP contribution is -2.44. The van der Waals surface area contributed by atoms with Crippen molar-refractivity contribution < 1.29 is 0 Å². The minimum Gasteiger partial charge on any atom is -0.299 e. The molecule has 0 aromatic rings. The van der Waals surface area contributed by atoms with Gasteiger partial charge in [0.05, 0.1) is 0 Å². The Morgan fingerprint density at radius 3 is 2.80 bits per heavy atom. The smallest absolute Gasteiger partial charge is 0.0166 e. The van der Waals surface area contributed by atoms with Crippen LogP contribution in [-0.4, -0.2) is 24.5 Å². The lowest BCUT2D eigenvalue weighted by atomic mass is 10.0. The quantitative estimate of drug-likeness (QED) is 0.535. The van der Waals surface area contributed by atoms with Crippen LogP contribution in [-0.2, 0) is 0 Å². The lowest BCUT2D eigenvalue weighted by Gasteiger charge is -2.36. The number of hydrogen-bond acceptors (Lipinski definition) is 1. The van der Waals surface area contributed by atoms with Crippen molar-refractivity contribution in [2.24, 2.45) is 5.92 Å². The van der Waals surface area contributed by atoms with E-state index >= 15 is 0 Å². The third-order valence-corrected chi connectivity index (χ3v) is 1.78. The van der Waals surface area contributed by atoms with Gasteiger partial charge in [0, 0.05) is 19.6 Å². The Morgan fingerprint density at radius 1 is 1.60 bits per heavy atom. The van der Waals surface area contributed by atoms with Crippen molar-refractivity contribution in [3.8, 4) is 0 Å². The van der Waals surface area contributed by atoms with E-state index in [1.807, 2.05) is 12.2 Å². The molecule has 10 heavy (non-hydrogen) atoms. The summed E-state index contributed by atoms with van der Waals surface area (Å²) in [5.41, 5.74) is 0. The van der Waals surface area contributed by atoms with Crippen molar-refractivity contribution in [2.75, 3.05) is 19.6 Å². The van der Waals surface area contributed by atoms with Crippen LogP contribution < -0.4 is 0 Å². The molecule has 1 aliphatic heterocycles. The third-order valence-electron chi connectivity index (χ3n) is 1.78. The Balaban J connectivity index is 2.05. The fourth-order valence-electron chi connectivity index (χ4n) is 1.28. The number of nitrogens with zero attached hydrogens (tertiary/aromatic N) is 1. The summed E-state index contributed by atoms with van der Waals surface area (Å²) in [4.78, 5) is 2.42. The van der Waals surface area contributed by atoms with Gasteiger partial charge in [-0.3, -0.25) is 4.90 Å². The summed E-state index contributed by atoms with van der Waals surface area (Å²) in [6.07, 6.45) is 5.98. The molecule has 1 nitrogen and oxygen atoms in total. The standard InChI is InChI=1S/C9H15N/c1-3-4-5-6-10-7-9(2)8-10/h3-5,9H,1,6-8H2,2H3/b5-4+. The molecule has 0 saturated carbocycles. The van der Waals surface area contributed by atoms with Crippen molar-refractivity contribution in [1.82, 2.24) is 4.90 Å². The van der Waals surface area contributed by atoms with Gasteiger partial charge in [0.25, 0.3) is 0 Å². The van der Waals surface area contributed by atoms with Gasteiger partial charge < -0.3 is 0 Å². The van der Waals surface area contributed by atoms with Crippen LogP contribution in [0, 0.1) is 5.92 Å². The summed E-state index contributed by atoms with van der Waals surface area (Å²) < 4.78 is 0. The monoisotopic (exact) mass is 137 g/mol. The first kappa shape index (κ1) is 7.55. The molecule has 1 saturated heterocycles. The number of hydrogen-bond donors (Lipinski definition) is 0. The van der Waals surface area contributed by atoms with Crippen LogP contribution in [0.4, 0.5) is 0 Å². The highest BCUT2D eigenvalue weighted by atomic mass is 15.2. The van der Waals surface area contributed by atoms with Gasteiger partial charge in [-0.05, 0) is 5.92 Å². The lowest BCUT2D eigenvalue weighted by molar-refractivity contribution is 0.129. The maximum absolute atomic E-state index is 3.61. The average molecular weight is 137 g/mol. The van der Waals surface area contributed by atoms with Gasteiger partial charge in [-0.15, -0.1) is 0 Å². The molecule has 0 N–H and O–H groups in total. The van der Waals surface area contributed by atoms with E-state index in [-0.39, 0.29) is 0 Å². The van der Waals surface area contributed by atoms with Gasteiger partial charge in [-0.2, -0.15) is 0 Å². The summed E-state index contributed by atoms with van der Waals surface area (Å²) in [6.45, 7) is 9.52. The molecule has 0 amide bonds. The van der Waals surface area contributed by atoms with Crippen LogP contribution in [0.15, 0.2) is 24.8 Å². The first-order valence-corrected chi connectivity index (χ1v) is 3.83. The molecule has 0 atom stereocenters. The van der Waals surface area contributed by atoms with E-state index in [0.717, 1.165) is 12.5 Å². The Morgan fingerprint density at radius 2 is 2.30 bits per heavy atom. The third kappa shape index (κ3) is 1.99. The molecule has 1 aliphatic rings. The average Bonchev–Trinajstić information content (AvgIpc) is 1.85. The van der Waals surface area contributed by atoms with Crippen LogP contribution in [0.3, 0.4) is 0 Å². The molecule has 0 unspecified atom stereocenters. The summed E-state index contributed by atoms with van der Waals surface area (Å²) >= 11 is 0. The Hall–Kier alpha value is -0.560. The first-order valence-electron chi connectivity index (χ1n) is 3.83. The van der Waals surface area contributed by atoms with Crippen molar-refractivity contribution in [3.05, 3.63) is 24.8 Å². The molecule has 0 radical (unpaired) electrons. The van der Waals surface area contributed by atoms with Crippen LogP contribution >= 0.6 is 0 Å². The molecule has 1 heteroatoms. The second kappa shape index (κ2) is 3.57. The Bertz CT molecular complexity index is 132. The predicted molar refractivity (Wildman–Crippen MR) is 44.9 cm³/mol. The molecule has 0 aromatic carbocycles. The Labute approximate surface area is 63.0 Å². The molecule has 0 bridgehead atoms. The van der Waals surface area contributed by atoms with E-state index in [9.17, 15) is 0 Å². The zero-order valence-electron chi connectivity index (χ0n) is 6.59. The molecule has 0 spiro atoms. The fraction of sp³-hybridized carbons (Fsp3) is 0.556. The fourth-order valence-corrected chi connectivity index (χ4v) is 1.28. The molecule has 0 aromatic heterocycles. The molecular weight excluding hydrogens is 122 g/mol. The molecule has 1 rings (SSSR count).